The van der Waals surface area contributed by atoms with E-state index in [1.165, 1.54) is 11.3 Å². The lowest BCUT2D eigenvalue weighted by molar-refractivity contribution is 0.483. The van der Waals surface area contributed by atoms with Crippen LogP contribution in [0.25, 0.3) is 43.6 Å². The van der Waals surface area contributed by atoms with E-state index in [4.69, 9.17) is 0 Å². The monoisotopic (exact) mass is 396 g/mol. The molecule has 4 nitrogen and oxygen atoms in total. The maximum absolute atomic E-state index is 12.6. The van der Waals surface area contributed by atoms with E-state index in [2.05, 4.69) is 22.1 Å². The smallest absolute Gasteiger partial charge is 0.260 e. The van der Waals surface area contributed by atoms with Gasteiger partial charge in [0.1, 0.15) is 10.6 Å². The Hall–Kier alpha value is -3.70. The van der Waals surface area contributed by atoms with E-state index in [0.29, 0.717) is 21.3 Å². The van der Waals surface area contributed by atoms with Gasteiger partial charge in [-0.2, -0.15) is 0 Å². The van der Waals surface area contributed by atoms with E-state index in [-0.39, 0.29) is 11.3 Å². The minimum Gasteiger partial charge on any atom is -0.506 e. The average Bonchev–Trinajstić information content (AvgIpc) is 3.19. The van der Waals surface area contributed by atoms with Crippen LogP contribution < -0.4 is 5.56 Å². The van der Waals surface area contributed by atoms with Gasteiger partial charge in [0.05, 0.1) is 10.9 Å². The second kappa shape index (κ2) is 7.04. The van der Waals surface area contributed by atoms with Crippen LogP contribution in [-0.4, -0.2) is 15.1 Å². The summed E-state index contributed by atoms with van der Waals surface area (Å²) in [7, 11) is 0. The largest absolute Gasteiger partial charge is 0.506 e. The molecule has 0 unspecified atom stereocenters. The Labute approximate surface area is 170 Å². The highest BCUT2D eigenvalue weighted by atomic mass is 32.1. The van der Waals surface area contributed by atoms with Gasteiger partial charge in [0.25, 0.3) is 5.56 Å². The first-order valence-corrected chi connectivity index (χ1v) is 10.0. The van der Waals surface area contributed by atoms with Crippen LogP contribution in [0.5, 0.6) is 5.75 Å². The maximum atomic E-state index is 12.6. The van der Waals surface area contributed by atoms with E-state index < -0.39 is 0 Å². The van der Waals surface area contributed by atoms with Crippen molar-refractivity contribution < 1.29 is 5.11 Å². The molecule has 0 bridgehead atoms. The molecule has 3 heterocycles. The number of nitrogens with zero attached hydrogens (tertiary/aromatic N) is 1. The molecule has 0 radical (unpaired) electrons. The van der Waals surface area contributed by atoms with Crippen LogP contribution in [0.1, 0.15) is 0 Å². The predicted molar refractivity (Wildman–Crippen MR) is 118 cm³/mol. The van der Waals surface area contributed by atoms with Crippen LogP contribution in [0.2, 0.25) is 0 Å². The lowest BCUT2D eigenvalue weighted by Gasteiger charge is -2.08. The van der Waals surface area contributed by atoms with E-state index in [1.807, 2.05) is 60.0 Å². The number of fused-ring (bicyclic) bond motifs is 1. The number of benzene rings is 2. The van der Waals surface area contributed by atoms with Crippen LogP contribution in [0, 0.1) is 0 Å². The third kappa shape index (κ3) is 3.02. The summed E-state index contributed by atoms with van der Waals surface area (Å²) >= 11 is 1.42. The summed E-state index contributed by atoms with van der Waals surface area (Å²) in [5.41, 5.74) is 4.78. The highest BCUT2D eigenvalue weighted by Gasteiger charge is 2.18. The summed E-state index contributed by atoms with van der Waals surface area (Å²) in [5, 5.41) is 13.7. The Bertz CT molecular complexity index is 1360. The molecule has 0 aliphatic heterocycles. The fraction of sp³-hybridized carbons (Fsp3) is 0. The topological polar surface area (TPSA) is 66.0 Å². The molecule has 0 amide bonds. The van der Waals surface area contributed by atoms with E-state index in [1.54, 1.807) is 12.4 Å². The Morgan fingerprint density at radius 3 is 2.17 bits per heavy atom. The summed E-state index contributed by atoms with van der Waals surface area (Å²) < 4.78 is 0. The number of nitrogens with one attached hydrogen (secondary N) is 1. The van der Waals surface area contributed by atoms with Crippen molar-refractivity contribution in [1.82, 2.24) is 9.97 Å². The molecular formula is C24H16N2O2S. The first-order chi connectivity index (χ1) is 14.2. The van der Waals surface area contributed by atoms with Gasteiger partial charge in [-0.05, 0) is 34.4 Å². The minimum absolute atomic E-state index is 0.0180. The van der Waals surface area contributed by atoms with Gasteiger partial charge in [0, 0.05) is 23.3 Å². The number of hydrogen-bond donors (Lipinski definition) is 2. The van der Waals surface area contributed by atoms with Gasteiger partial charge in [-0.1, -0.05) is 54.6 Å². The summed E-state index contributed by atoms with van der Waals surface area (Å²) in [4.78, 5) is 20.2. The summed E-state index contributed by atoms with van der Waals surface area (Å²) in [6.45, 7) is 0. The van der Waals surface area contributed by atoms with Crippen LogP contribution in [0.15, 0.2) is 89.3 Å². The third-order valence-corrected chi connectivity index (χ3v) is 5.89. The van der Waals surface area contributed by atoms with Crippen molar-refractivity contribution in [3.63, 3.8) is 0 Å². The average molecular weight is 396 g/mol. The minimum atomic E-state index is -0.289. The molecule has 0 aliphatic rings. The number of H-pyrrole nitrogens is 1. The molecule has 5 rings (SSSR count). The van der Waals surface area contributed by atoms with Crippen molar-refractivity contribution >= 4 is 21.6 Å². The van der Waals surface area contributed by atoms with E-state index in [9.17, 15) is 9.90 Å². The standard InChI is InChI=1S/C24H16N2O2S/c27-22-20(18-4-2-1-3-5-18)23(28)26-24-21(22)19(14-29-24)17-8-6-15(7-9-17)16-10-12-25-13-11-16/h1-14H,(H2,26,27,28). The van der Waals surface area contributed by atoms with E-state index in [0.717, 1.165) is 22.3 Å². The van der Waals surface area contributed by atoms with Crippen LogP contribution in [0.3, 0.4) is 0 Å². The number of hydrogen-bond acceptors (Lipinski definition) is 4. The van der Waals surface area contributed by atoms with Crippen LogP contribution >= 0.6 is 11.3 Å². The molecule has 0 saturated heterocycles. The molecule has 0 fully saturated rings. The number of aromatic nitrogens is 2. The molecule has 0 spiro atoms. The quantitative estimate of drug-likeness (QED) is 0.412. The third-order valence-electron chi connectivity index (χ3n) is 4.99. The molecule has 3 aromatic heterocycles. The van der Waals surface area contributed by atoms with Gasteiger partial charge in [0.2, 0.25) is 0 Å². The van der Waals surface area contributed by atoms with Crippen molar-refractivity contribution in [1.29, 1.82) is 0 Å². The fourth-order valence-electron chi connectivity index (χ4n) is 3.55. The number of aromatic hydroxyl groups is 1. The van der Waals surface area contributed by atoms with E-state index >= 15 is 0 Å². The summed E-state index contributed by atoms with van der Waals surface area (Å²) in [6.07, 6.45) is 3.55. The van der Waals surface area contributed by atoms with Gasteiger partial charge >= 0.3 is 0 Å². The zero-order valence-corrected chi connectivity index (χ0v) is 16.1. The lowest BCUT2D eigenvalue weighted by atomic mass is 9.99. The zero-order valence-electron chi connectivity index (χ0n) is 15.3. The number of rotatable bonds is 3. The summed E-state index contributed by atoms with van der Waals surface area (Å²) in [6, 6.07) is 21.3. The molecule has 140 valence electrons. The molecule has 2 aromatic carbocycles. The molecule has 0 saturated carbocycles. The van der Waals surface area contributed by atoms with Crippen molar-refractivity contribution in [3.05, 3.63) is 94.9 Å². The maximum Gasteiger partial charge on any atom is 0.260 e. The second-order valence-electron chi connectivity index (χ2n) is 6.71. The molecule has 0 atom stereocenters. The Morgan fingerprint density at radius 2 is 1.45 bits per heavy atom. The van der Waals surface area contributed by atoms with Crippen molar-refractivity contribution in [2.24, 2.45) is 0 Å². The normalized spacial score (nSPS) is 11.0. The van der Waals surface area contributed by atoms with Crippen molar-refractivity contribution in [2.45, 2.75) is 0 Å². The fourth-order valence-corrected chi connectivity index (χ4v) is 4.52. The van der Waals surface area contributed by atoms with Gasteiger partial charge < -0.3 is 10.1 Å². The molecule has 2 N–H and O–H groups in total. The van der Waals surface area contributed by atoms with Crippen LogP contribution in [-0.2, 0) is 0 Å². The molecule has 0 aliphatic carbocycles. The highest BCUT2D eigenvalue weighted by Crippen LogP contribution is 2.41. The van der Waals surface area contributed by atoms with Crippen molar-refractivity contribution in [2.75, 3.05) is 0 Å². The lowest BCUT2D eigenvalue weighted by Crippen LogP contribution is -2.08. The van der Waals surface area contributed by atoms with Gasteiger partial charge in [-0.25, -0.2) is 0 Å². The van der Waals surface area contributed by atoms with Gasteiger partial charge in [-0.3, -0.25) is 9.78 Å². The summed E-state index contributed by atoms with van der Waals surface area (Å²) in [5.74, 6) is 0.0180. The Kier molecular flexibility index (Phi) is 4.22. The van der Waals surface area contributed by atoms with Gasteiger partial charge in [0.15, 0.2) is 0 Å². The number of pyridine rings is 2. The van der Waals surface area contributed by atoms with Gasteiger partial charge in [-0.15, -0.1) is 11.3 Å². The first-order valence-electron chi connectivity index (χ1n) is 9.15. The number of thiophene rings is 1. The molecular weight excluding hydrogens is 380 g/mol. The molecule has 29 heavy (non-hydrogen) atoms. The Balaban J connectivity index is 1.66. The second-order valence-corrected chi connectivity index (χ2v) is 7.59. The van der Waals surface area contributed by atoms with Crippen molar-refractivity contribution in [3.8, 4) is 39.1 Å². The highest BCUT2D eigenvalue weighted by molar-refractivity contribution is 7.17. The predicted octanol–water partition coefficient (Wildman–Crippen LogP) is 5.69. The molecule has 5 aromatic rings. The SMILES string of the molecule is O=c1[nH]c2scc(-c3ccc(-c4ccncc4)cc3)c2c(O)c1-c1ccccc1. The van der Waals surface area contributed by atoms with Crippen LogP contribution in [0.4, 0.5) is 0 Å². The first kappa shape index (κ1) is 17.4. The zero-order chi connectivity index (χ0) is 19.8. The molecule has 5 heteroatoms. The number of aromatic amines is 1. The Morgan fingerprint density at radius 1 is 0.793 bits per heavy atom.